The van der Waals surface area contributed by atoms with Gasteiger partial charge in [0.15, 0.2) is 10.7 Å². The van der Waals surface area contributed by atoms with Gasteiger partial charge in [-0.25, -0.2) is 18.1 Å². The second-order valence-corrected chi connectivity index (χ2v) is 13.2. The molecule has 2 atom stereocenters. The van der Waals surface area contributed by atoms with Crippen LogP contribution in [0.3, 0.4) is 0 Å². The number of hydrogen-bond donors (Lipinski definition) is 2. The van der Waals surface area contributed by atoms with Gasteiger partial charge in [-0.2, -0.15) is 5.26 Å². The van der Waals surface area contributed by atoms with E-state index in [1.807, 2.05) is 11.3 Å². The maximum atomic E-state index is 13.4. The molecule has 1 saturated heterocycles. The van der Waals surface area contributed by atoms with Crippen LogP contribution in [0, 0.1) is 11.3 Å². The minimum atomic E-state index is -3.74. The van der Waals surface area contributed by atoms with Gasteiger partial charge in [0.05, 0.1) is 18.0 Å². The number of hydrogen-bond acceptors (Lipinski definition) is 9. The van der Waals surface area contributed by atoms with Crippen LogP contribution < -0.4 is 14.9 Å². The fraction of sp³-hybridized carbons (Fsp3) is 0.565. The number of nitrogens with zero attached hydrogens (tertiary/aromatic N) is 6. The molecule has 2 N–H and O–H groups in total. The van der Waals surface area contributed by atoms with Crippen molar-refractivity contribution < 1.29 is 8.42 Å². The number of imidazole rings is 1. The molecule has 35 heavy (non-hydrogen) atoms. The van der Waals surface area contributed by atoms with Gasteiger partial charge in [0.2, 0.25) is 10.0 Å². The highest BCUT2D eigenvalue weighted by atomic mass is 32.2. The fourth-order valence-corrected chi connectivity index (χ4v) is 7.33. The normalized spacial score (nSPS) is 24.9. The van der Waals surface area contributed by atoms with Crippen LogP contribution >= 0.6 is 11.3 Å². The fourth-order valence-electron chi connectivity index (χ4n) is 4.80. The van der Waals surface area contributed by atoms with Gasteiger partial charge in [-0.1, -0.05) is 11.3 Å². The molecule has 3 fully saturated rings. The SMILES string of the molecule is C[C@H]1CN(c2cc(S(=O)(=O)NC3(C)CC3)cn3c(-c4nnc(C5(C#N)CC5)s4)cnc23)C[C@H](C)N1. The molecule has 0 spiro atoms. The molecule has 6 rings (SSSR count). The van der Waals surface area contributed by atoms with Gasteiger partial charge in [-0.05, 0) is 52.5 Å². The number of pyridine rings is 1. The highest BCUT2D eigenvalue weighted by molar-refractivity contribution is 7.89. The van der Waals surface area contributed by atoms with Crippen LogP contribution in [-0.4, -0.2) is 58.7 Å². The Morgan fingerprint density at radius 3 is 2.54 bits per heavy atom. The van der Waals surface area contributed by atoms with E-state index in [0.29, 0.717) is 21.4 Å². The third-order valence-corrected chi connectivity index (χ3v) is 9.92. The molecule has 10 nitrogen and oxygen atoms in total. The van der Waals surface area contributed by atoms with Crippen LogP contribution in [0.5, 0.6) is 0 Å². The van der Waals surface area contributed by atoms with E-state index in [1.165, 1.54) is 11.3 Å². The van der Waals surface area contributed by atoms with Crippen molar-refractivity contribution in [2.24, 2.45) is 0 Å². The number of anilines is 1. The van der Waals surface area contributed by atoms with E-state index in [0.717, 1.165) is 44.5 Å². The second kappa shape index (κ2) is 7.70. The van der Waals surface area contributed by atoms with Gasteiger partial charge in [-0.15, -0.1) is 10.2 Å². The lowest BCUT2D eigenvalue weighted by molar-refractivity contribution is 0.407. The summed E-state index contributed by atoms with van der Waals surface area (Å²) >= 11 is 1.38. The first-order valence-corrected chi connectivity index (χ1v) is 14.2. The van der Waals surface area contributed by atoms with Crippen LogP contribution in [0.4, 0.5) is 5.69 Å². The largest absolute Gasteiger partial charge is 0.365 e. The molecule has 0 bridgehead atoms. The summed E-state index contributed by atoms with van der Waals surface area (Å²) in [6.45, 7) is 7.66. The average molecular weight is 513 g/mol. The van der Waals surface area contributed by atoms with Crippen molar-refractivity contribution in [3.05, 3.63) is 23.5 Å². The zero-order valence-corrected chi connectivity index (χ0v) is 21.6. The molecule has 2 aliphatic carbocycles. The predicted octanol–water partition coefficient (Wildman–Crippen LogP) is 2.43. The monoisotopic (exact) mass is 512 g/mol. The predicted molar refractivity (Wildman–Crippen MR) is 133 cm³/mol. The van der Waals surface area contributed by atoms with E-state index in [1.54, 1.807) is 18.5 Å². The molecule has 0 amide bonds. The molecule has 3 aromatic rings. The van der Waals surface area contributed by atoms with Crippen LogP contribution in [0.15, 0.2) is 23.4 Å². The van der Waals surface area contributed by atoms with Crippen molar-refractivity contribution in [2.45, 2.75) is 74.4 Å². The maximum Gasteiger partial charge on any atom is 0.242 e. The zero-order chi connectivity index (χ0) is 24.6. The van der Waals surface area contributed by atoms with Crippen molar-refractivity contribution >= 4 is 32.7 Å². The Bertz CT molecular complexity index is 1450. The first kappa shape index (κ1) is 22.8. The molecule has 4 heterocycles. The number of piperazine rings is 1. The van der Waals surface area contributed by atoms with Gasteiger partial charge in [0, 0.05) is 36.9 Å². The maximum absolute atomic E-state index is 13.4. The number of fused-ring (bicyclic) bond motifs is 1. The van der Waals surface area contributed by atoms with Crippen LogP contribution in [-0.2, 0) is 15.4 Å². The summed E-state index contributed by atoms with van der Waals surface area (Å²) < 4.78 is 31.5. The van der Waals surface area contributed by atoms with E-state index < -0.39 is 15.4 Å². The molecule has 0 unspecified atom stereocenters. The van der Waals surface area contributed by atoms with Gasteiger partial charge in [0.1, 0.15) is 21.0 Å². The Labute approximate surface area is 208 Å². The van der Waals surface area contributed by atoms with Gasteiger partial charge >= 0.3 is 0 Å². The molecule has 0 aromatic carbocycles. The summed E-state index contributed by atoms with van der Waals surface area (Å²) in [7, 11) is -3.74. The highest BCUT2D eigenvalue weighted by Crippen LogP contribution is 2.49. The Hall–Kier alpha value is -2.59. The van der Waals surface area contributed by atoms with E-state index in [-0.39, 0.29) is 22.5 Å². The minimum absolute atomic E-state index is 0.201. The summed E-state index contributed by atoms with van der Waals surface area (Å²) in [5.74, 6) is 0. The second-order valence-electron chi connectivity index (χ2n) is 10.5. The van der Waals surface area contributed by atoms with Crippen molar-refractivity contribution in [1.29, 1.82) is 5.26 Å². The Balaban J connectivity index is 1.49. The molecular formula is C23H28N8O2S2. The summed E-state index contributed by atoms with van der Waals surface area (Å²) in [5, 5.41) is 23.1. The minimum Gasteiger partial charge on any atom is -0.365 e. The molecule has 0 radical (unpaired) electrons. The average Bonchev–Trinajstić information content (AvgIpc) is 3.62. The number of nitrogens with one attached hydrogen (secondary N) is 2. The number of rotatable bonds is 6. The molecule has 12 heteroatoms. The molecule has 1 aliphatic heterocycles. The topological polar surface area (TPSA) is 128 Å². The Morgan fingerprint density at radius 2 is 1.91 bits per heavy atom. The number of sulfonamides is 1. The van der Waals surface area contributed by atoms with Gasteiger partial charge in [0.25, 0.3) is 0 Å². The van der Waals surface area contributed by atoms with Crippen LogP contribution in [0.1, 0.15) is 51.5 Å². The molecular weight excluding hydrogens is 484 g/mol. The summed E-state index contributed by atoms with van der Waals surface area (Å²) in [6.07, 6.45) is 6.60. The first-order chi connectivity index (χ1) is 16.6. The highest BCUT2D eigenvalue weighted by Gasteiger charge is 2.48. The smallest absolute Gasteiger partial charge is 0.242 e. The van der Waals surface area contributed by atoms with E-state index in [2.05, 4.69) is 45.1 Å². The van der Waals surface area contributed by atoms with Crippen molar-refractivity contribution in [1.82, 2.24) is 29.6 Å². The van der Waals surface area contributed by atoms with Gasteiger partial charge < -0.3 is 10.2 Å². The van der Waals surface area contributed by atoms with Gasteiger partial charge in [-0.3, -0.25) is 4.40 Å². The molecule has 184 valence electrons. The van der Waals surface area contributed by atoms with E-state index in [9.17, 15) is 13.7 Å². The summed E-state index contributed by atoms with van der Waals surface area (Å²) in [5.41, 5.74) is 1.22. The van der Waals surface area contributed by atoms with E-state index >= 15 is 0 Å². The lowest BCUT2D eigenvalue weighted by Crippen LogP contribution is -2.54. The molecule has 3 aliphatic rings. The lowest BCUT2D eigenvalue weighted by Gasteiger charge is -2.37. The van der Waals surface area contributed by atoms with Crippen molar-refractivity contribution in [2.75, 3.05) is 18.0 Å². The van der Waals surface area contributed by atoms with Crippen molar-refractivity contribution in [3.63, 3.8) is 0 Å². The standard InChI is InChI=1S/C23H28N8O2S2/c1-14-10-30(11-15(2)26-14)17-8-16(35(32,33)29-22(3)4-5-22)12-31-18(9-25-19(17)31)20-27-28-21(34-20)23(13-24)6-7-23/h8-9,12,14-15,26,29H,4-7,10-11H2,1-3H3/t14-,15-/m0/s1. The Morgan fingerprint density at radius 1 is 1.20 bits per heavy atom. The lowest BCUT2D eigenvalue weighted by atomic mass is 10.1. The molecule has 3 aromatic heterocycles. The third-order valence-electron chi connectivity index (χ3n) is 7.17. The number of nitriles is 1. The summed E-state index contributed by atoms with van der Waals surface area (Å²) in [4.78, 5) is 7.10. The molecule has 2 saturated carbocycles. The number of aromatic nitrogens is 4. The Kier molecular flexibility index (Phi) is 5.03. The third kappa shape index (κ3) is 4.00. The summed E-state index contributed by atoms with van der Waals surface area (Å²) in [6, 6.07) is 4.61. The van der Waals surface area contributed by atoms with Crippen molar-refractivity contribution in [3.8, 4) is 16.8 Å². The zero-order valence-electron chi connectivity index (χ0n) is 19.9. The first-order valence-electron chi connectivity index (χ1n) is 11.9. The quantitative estimate of drug-likeness (QED) is 0.515. The van der Waals surface area contributed by atoms with E-state index in [4.69, 9.17) is 4.98 Å². The van der Waals surface area contributed by atoms with Crippen LogP contribution in [0.25, 0.3) is 16.3 Å². The van der Waals surface area contributed by atoms with Crippen LogP contribution in [0.2, 0.25) is 0 Å².